The fraction of sp³-hybridized carbons (Fsp3) is 0.391. The minimum atomic E-state index is -0.498. The number of thiophene rings is 1. The van der Waals surface area contributed by atoms with Gasteiger partial charge in [-0.05, 0) is 55.5 Å². The van der Waals surface area contributed by atoms with Crippen LogP contribution in [-0.4, -0.2) is 21.2 Å². The van der Waals surface area contributed by atoms with Crippen molar-refractivity contribution in [1.29, 1.82) is 0 Å². The molecule has 156 valence electrons. The fourth-order valence-corrected chi connectivity index (χ4v) is 4.82. The summed E-state index contributed by atoms with van der Waals surface area (Å²) in [6.07, 6.45) is 5.63. The van der Waals surface area contributed by atoms with Crippen molar-refractivity contribution in [3.8, 4) is 0 Å². The molecule has 7 heteroatoms. The number of anilines is 1. The van der Waals surface area contributed by atoms with Crippen molar-refractivity contribution in [2.24, 2.45) is 5.41 Å². The SMILES string of the molecule is CC(C)(C)C(=O)Nc1ccc(C(=O)Cn2cnc3sc4c(c3c2=O)CCCC4)cc1. The number of hydrogen-bond acceptors (Lipinski definition) is 5. The van der Waals surface area contributed by atoms with Crippen molar-refractivity contribution in [1.82, 2.24) is 9.55 Å². The van der Waals surface area contributed by atoms with E-state index in [1.807, 2.05) is 20.8 Å². The minimum Gasteiger partial charge on any atom is -0.326 e. The molecule has 0 fully saturated rings. The number of Topliss-reactive ketones (excluding diaryl/α,β-unsaturated/α-hetero) is 1. The summed E-state index contributed by atoms with van der Waals surface area (Å²) in [7, 11) is 0. The maximum absolute atomic E-state index is 13.0. The van der Waals surface area contributed by atoms with E-state index in [-0.39, 0.29) is 23.8 Å². The first-order valence-electron chi connectivity index (χ1n) is 10.2. The molecule has 1 aromatic carbocycles. The van der Waals surface area contributed by atoms with Crippen LogP contribution in [0.15, 0.2) is 35.4 Å². The molecule has 0 unspecified atom stereocenters. The van der Waals surface area contributed by atoms with Crippen molar-refractivity contribution in [2.45, 2.75) is 53.0 Å². The molecule has 0 bridgehead atoms. The summed E-state index contributed by atoms with van der Waals surface area (Å²) in [5.74, 6) is -0.261. The van der Waals surface area contributed by atoms with Crippen molar-refractivity contribution in [3.05, 3.63) is 57.0 Å². The van der Waals surface area contributed by atoms with Gasteiger partial charge in [-0.15, -0.1) is 11.3 Å². The average molecular weight is 424 g/mol. The molecular weight excluding hydrogens is 398 g/mol. The Hall–Kier alpha value is -2.80. The van der Waals surface area contributed by atoms with Crippen LogP contribution in [0.5, 0.6) is 0 Å². The number of ketones is 1. The number of carbonyl (C=O) groups is 2. The number of amides is 1. The Morgan fingerprint density at radius 1 is 1.13 bits per heavy atom. The molecule has 1 aliphatic carbocycles. The van der Waals surface area contributed by atoms with Crippen LogP contribution in [0.3, 0.4) is 0 Å². The highest BCUT2D eigenvalue weighted by Crippen LogP contribution is 2.33. The van der Waals surface area contributed by atoms with E-state index in [1.165, 1.54) is 15.8 Å². The highest BCUT2D eigenvalue weighted by atomic mass is 32.1. The van der Waals surface area contributed by atoms with E-state index in [0.29, 0.717) is 16.6 Å². The Balaban J connectivity index is 1.54. The summed E-state index contributed by atoms with van der Waals surface area (Å²) < 4.78 is 1.40. The van der Waals surface area contributed by atoms with Crippen molar-refractivity contribution < 1.29 is 9.59 Å². The van der Waals surface area contributed by atoms with Gasteiger partial charge < -0.3 is 5.32 Å². The van der Waals surface area contributed by atoms with E-state index in [9.17, 15) is 14.4 Å². The lowest BCUT2D eigenvalue weighted by Gasteiger charge is -2.17. The standard InChI is InChI=1S/C23H25N3O3S/c1-23(2,3)22(29)25-15-10-8-14(9-11-15)17(27)12-26-13-24-20-19(21(26)28)16-6-4-5-7-18(16)30-20/h8-11,13H,4-7,12H2,1-3H3,(H,25,29). The Morgan fingerprint density at radius 2 is 1.83 bits per heavy atom. The van der Waals surface area contributed by atoms with E-state index in [2.05, 4.69) is 10.3 Å². The Labute approximate surface area is 179 Å². The van der Waals surface area contributed by atoms with Crippen LogP contribution < -0.4 is 10.9 Å². The summed E-state index contributed by atoms with van der Waals surface area (Å²) in [6.45, 7) is 5.47. The lowest BCUT2D eigenvalue weighted by molar-refractivity contribution is -0.123. The quantitative estimate of drug-likeness (QED) is 0.638. The largest absolute Gasteiger partial charge is 0.326 e. The summed E-state index contributed by atoms with van der Waals surface area (Å²) in [5, 5.41) is 3.52. The smallest absolute Gasteiger partial charge is 0.262 e. The van der Waals surface area contributed by atoms with E-state index in [0.717, 1.165) is 36.1 Å². The van der Waals surface area contributed by atoms with Gasteiger partial charge in [0.25, 0.3) is 5.56 Å². The van der Waals surface area contributed by atoms with Crippen LogP contribution in [0.1, 0.15) is 54.4 Å². The first-order valence-corrected chi connectivity index (χ1v) is 11.0. The Kier molecular flexibility index (Phi) is 5.32. The lowest BCUT2D eigenvalue weighted by atomic mass is 9.95. The van der Waals surface area contributed by atoms with E-state index in [4.69, 9.17) is 0 Å². The number of nitrogens with zero attached hydrogens (tertiary/aromatic N) is 2. The highest BCUT2D eigenvalue weighted by molar-refractivity contribution is 7.18. The van der Waals surface area contributed by atoms with E-state index in [1.54, 1.807) is 35.6 Å². The van der Waals surface area contributed by atoms with Gasteiger partial charge in [0.1, 0.15) is 4.83 Å². The number of fused-ring (bicyclic) bond motifs is 3. The number of rotatable bonds is 4. The number of nitrogens with one attached hydrogen (secondary N) is 1. The number of hydrogen-bond donors (Lipinski definition) is 1. The third kappa shape index (κ3) is 3.94. The van der Waals surface area contributed by atoms with Crippen LogP contribution in [0.25, 0.3) is 10.2 Å². The number of carbonyl (C=O) groups excluding carboxylic acids is 2. The van der Waals surface area contributed by atoms with Gasteiger partial charge in [0, 0.05) is 21.5 Å². The summed E-state index contributed by atoms with van der Waals surface area (Å²) in [4.78, 5) is 44.4. The van der Waals surface area contributed by atoms with Crippen molar-refractivity contribution in [3.63, 3.8) is 0 Å². The molecule has 0 radical (unpaired) electrons. The molecule has 4 rings (SSSR count). The van der Waals surface area contributed by atoms with Crippen LogP contribution in [0.2, 0.25) is 0 Å². The van der Waals surface area contributed by atoms with Crippen molar-refractivity contribution >= 4 is 38.9 Å². The van der Waals surface area contributed by atoms with Crippen LogP contribution in [-0.2, 0) is 24.2 Å². The molecule has 1 amide bonds. The van der Waals surface area contributed by atoms with Gasteiger partial charge >= 0.3 is 0 Å². The maximum Gasteiger partial charge on any atom is 0.262 e. The zero-order chi connectivity index (χ0) is 21.5. The molecule has 1 aliphatic rings. The monoisotopic (exact) mass is 423 g/mol. The molecule has 6 nitrogen and oxygen atoms in total. The second kappa shape index (κ2) is 7.80. The molecule has 2 heterocycles. The predicted molar refractivity (Wildman–Crippen MR) is 119 cm³/mol. The minimum absolute atomic E-state index is 0.0555. The number of aryl methyl sites for hydroxylation is 2. The molecule has 0 saturated heterocycles. The zero-order valence-corrected chi connectivity index (χ0v) is 18.3. The highest BCUT2D eigenvalue weighted by Gasteiger charge is 2.22. The van der Waals surface area contributed by atoms with Crippen LogP contribution >= 0.6 is 11.3 Å². The molecule has 0 saturated carbocycles. The lowest BCUT2D eigenvalue weighted by Crippen LogP contribution is -2.27. The molecule has 0 aliphatic heterocycles. The third-order valence-corrected chi connectivity index (χ3v) is 6.60. The topological polar surface area (TPSA) is 81.1 Å². The van der Waals surface area contributed by atoms with E-state index < -0.39 is 5.41 Å². The molecule has 3 aromatic rings. The van der Waals surface area contributed by atoms with Gasteiger partial charge in [-0.1, -0.05) is 20.8 Å². The van der Waals surface area contributed by atoms with Gasteiger partial charge in [-0.25, -0.2) is 4.98 Å². The second-order valence-corrected chi connectivity index (χ2v) is 9.86. The molecule has 2 aromatic heterocycles. The number of aromatic nitrogens is 2. The second-order valence-electron chi connectivity index (χ2n) is 8.77. The summed E-state index contributed by atoms with van der Waals surface area (Å²) in [6, 6.07) is 6.75. The third-order valence-electron chi connectivity index (χ3n) is 5.40. The Morgan fingerprint density at radius 3 is 2.53 bits per heavy atom. The normalized spacial score (nSPS) is 13.8. The molecule has 0 atom stereocenters. The maximum atomic E-state index is 13.0. The molecule has 1 N–H and O–H groups in total. The van der Waals surface area contributed by atoms with Gasteiger partial charge in [-0.2, -0.15) is 0 Å². The fourth-order valence-electron chi connectivity index (χ4n) is 3.60. The summed E-state index contributed by atoms with van der Waals surface area (Å²) >= 11 is 1.60. The molecule has 0 spiro atoms. The van der Waals surface area contributed by atoms with Gasteiger partial charge in [0.15, 0.2) is 5.78 Å². The number of benzene rings is 1. The summed E-state index contributed by atoms with van der Waals surface area (Å²) in [5.41, 5.74) is 1.61. The van der Waals surface area contributed by atoms with Gasteiger partial charge in [0.2, 0.25) is 5.91 Å². The Bertz CT molecular complexity index is 1180. The predicted octanol–water partition coefficient (Wildman–Crippen LogP) is 4.20. The first-order chi connectivity index (χ1) is 14.2. The van der Waals surface area contributed by atoms with E-state index >= 15 is 0 Å². The van der Waals surface area contributed by atoms with Crippen molar-refractivity contribution in [2.75, 3.05) is 5.32 Å². The zero-order valence-electron chi connectivity index (χ0n) is 17.4. The average Bonchev–Trinajstić information content (AvgIpc) is 3.09. The van der Waals surface area contributed by atoms with Gasteiger partial charge in [-0.3, -0.25) is 19.0 Å². The first kappa shape index (κ1) is 20.5. The molecular formula is C23H25N3O3S. The van der Waals surface area contributed by atoms with Gasteiger partial charge in [0.05, 0.1) is 18.3 Å². The molecule has 30 heavy (non-hydrogen) atoms. The van der Waals surface area contributed by atoms with Crippen LogP contribution in [0, 0.1) is 5.41 Å². The van der Waals surface area contributed by atoms with Crippen LogP contribution in [0.4, 0.5) is 5.69 Å².